The van der Waals surface area contributed by atoms with E-state index in [-0.39, 0.29) is 11.2 Å². The van der Waals surface area contributed by atoms with Crippen molar-refractivity contribution in [3.05, 3.63) is 53.6 Å². The summed E-state index contributed by atoms with van der Waals surface area (Å²) in [5.41, 5.74) is 1.66. The number of halogens is 1. The molecule has 0 radical (unpaired) electrons. The number of hydrogen-bond donors (Lipinski definition) is 0. The maximum atomic E-state index is 11.9. The summed E-state index contributed by atoms with van der Waals surface area (Å²) in [5.74, 6) is 1.10. The number of carbonyl (C=O) groups excluding carboxylic acids is 1. The highest BCUT2D eigenvalue weighted by Gasteiger charge is 2.30. The fourth-order valence-corrected chi connectivity index (χ4v) is 4.03. The minimum absolute atomic E-state index is 0.218. The maximum absolute atomic E-state index is 11.9. The van der Waals surface area contributed by atoms with Gasteiger partial charge in [0.15, 0.2) is 11.0 Å². The standard InChI is InChI=1S/C19H16ClN3O3S/c1-25-15-5-3-2-4-14(15)17-21-22-19(27-16-10-11-26-18(16)24)23(17)13-8-6-12(20)7-9-13/h2-9,16H,10-11H2,1H3/t16-/m0/s1. The van der Waals surface area contributed by atoms with Gasteiger partial charge in [0.1, 0.15) is 11.0 Å². The third-order valence-corrected chi connectivity index (χ3v) is 5.64. The van der Waals surface area contributed by atoms with Crippen molar-refractivity contribution in [3.8, 4) is 22.8 Å². The van der Waals surface area contributed by atoms with Crippen molar-refractivity contribution in [2.45, 2.75) is 16.8 Å². The predicted octanol–water partition coefficient (Wildman–Crippen LogP) is 4.00. The van der Waals surface area contributed by atoms with E-state index in [2.05, 4.69) is 10.2 Å². The normalized spacial score (nSPS) is 16.4. The lowest BCUT2D eigenvalue weighted by molar-refractivity contribution is -0.137. The Kier molecular flexibility index (Phi) is 5.05. The summed E-state index contributed by atoms with van der Waals surface area (Å²) in [6.07, 6.45) is 0.654. The van der Waals surface area contributed by atoms with Gasteiger partial charge in [-0.1, -0.05) is 35.5 Å². The molecule has 27 heavy (non-hydrogen) atoms. The molecule has 0 bridgehead atoms. The quantitative estimate of drug-likeness (QED) is 0.602. The van der Waals surface area contributed by atoms with Crippen LogP contribution in [0.25, 0.3) is 17.1 Å². The largest absolute Gasteiger partial charge is 0.496 e. The van der Waals surface area contributed by atoms with Gasteiger partial charge in [-0.3, -0.25) is 9.36 Å². The van der Waals surface area contributed by atoms with Gasteiger partial charge in [-0.2, -0.15) is 0 Å². The van der Waals surface area contributed by atoms with Gasteiger partial charge in [-0.25, -0.2) is 0 Å². The maximum Gasteiger partial charge on any atom is 0.319 e. The third-order valence-electron chi connectivity index (χ3n) is 4.20. The van der Waals surface area contributed by atoms with Crippen molar-refractivity contribution >= 4 is 29.3 Å². The van der Waals surface area contributed by atoms with Crippen molar-refractivity contribution in [2.75, 3.05) is 13.7 Å². The lowest BCUT2D eigenvalue weighted by Gasteiger charge is -2.13. The minimum atomic E-state index is -0.286. The van der Waals surface area contributed by atoms with E-state index in [4.69, 9.17) is 21.1 Å². The molecule has 1 aliphatic heterocycles. The van der Waals surface area contributed by atoms with Crippen LogP contribution in [0.15, 0.2) is 53.7 Å². The zero-order chi connectivity index (χ0) is 18.8. The van der Waals surface area contributed by atoms with Crippen molar-refractivity contribution < 1.29 is 14.3 Å². The molecule has 2 heterocycles. The van der Waals surface area contributed by atoms with Crippen molar-refractivity contribution in [2.24, 2.45) is 0 Å². The second-order valence-electron chi connectivity index (χ2n) is 5.88. The summed E-state index contributed by atoms with van der Waals surface area (Å²) in [4.78, 5) is 11.9. The molecule has 0 N–H and O–H groups in total. The molecule has 1 atom stereocenters. The number of cyclic esters (lactones) is 1. The Morgan fingerprint density at radius 2 is 1.96 bits per heavy atom. The Morgan fingerprint density at radius 3 is 2.67 bits per heavy atom. The number of benzene rings is 2. The van der Waals surface area contributed by atoms with Crippen LogP contribution in [0.1, 0.15) is 6.42 Å². The topological polar surface area (TPSA) is 66.2 Å². The van der Waals surface area contributed by atoms with Crippen molar-refractivity contribution in [1.82, 2.24) is 14.8 Å². The number of hydrogen-bond acceptors (Lipinski definition) is 6. The van der Waals surface area contributed by atoms with E-state index < -0.39 is 0 Å². The molecular formula is C19H16ClN3O3S. The van der Waals surface area contributed by atoms with Crippen molar-refractivity contribution in [3.63, 3.8) is 0 Å². The summed E-state index contributed by atoms with van der Waals surface area (Å²) in [7, 11) is 1.62. The van der Waals surface area contributed by atoms with Crippen LogP contribution >= 0.6 is 23.4 Å². The Bertz CT molecular complexity index is 975. The average Bonchev–Trinajstić information content (AvgIpc) is 3.29. The van der Waals surface area contributed by atoms with Gasteiger partial charge in [-0.05, 0) is 36.4 Å². The van der Waals surface area contributed by atoms with Crippen molar-refractivity contribution in [1.29, 1.82) is 0 Å². The first-order chi connectivity index (χ1) is 13.2. The smallest absolute Gasteiger partial charge is 0.319 e. The zero-order valence-electron chi connectivity index (χ0n) is 14.5. The van der Waals surface area contributed by atoms with Gasteiger partial charge < -0.3 is 9.47 Å². The zero-order valence-corrected chi connectivity index (χ0v) is 16.0. The molecule has 6 nitrogen and oxygen atoms in total. The number of ether oxygens (including phenoxy) is 2. The number of aromatic nitrogens is 3. The lowest BCUT2D eigenvalue weighted by atomic mass is 10.2. The first kappa shape index (κ1) is 17.9. The van der Waals surface area contributed by atoms with Crippen LogP contribution in [0.3, 0.4) is 0 Å². The van der Waals surface area contributed by atoms with E-state index in [1.165, 1.54) is 11.8 Å². The third kappa shape index (κ3) is 3.52. The number of carbonyl (C=O) groups is 1. The Hall–Kier alpha value is -2.51. The molecule has 0 aliphatic carbocycles. The van der Waals surface area contributed by atoms with E-state index in [0.717, 1.165) is 11.3 Å². The van der Waals surface area contributed by atoms with Crippen LogP contribution in [0.4, 0.5) is 0 Å². The molecule has 4 rings (SSSR count). The van der Waals surface area contributed by atoms with Crippen LogP contribution in [-0.4, -0.2) is 39.7 Å². The van der Waals surface area contributed by atoms with Gasteiger partial charge in [0, 0.05) is 17.1 Å². The molecule has 0 saturated carbocycles. The summed E-state index contributed by atoms with van der Waals surface area (Å²) < 4.78 is 12.5. The molecular weight excluding hydrogens is 386 g/mol. The molecule has 0 unspecified atom stereocenters. The lowest BCUT2D eigenvalue weighted by Crippen LogP contribution is -2.11. The number of para-hydroxylation sites is 1. The second-order valence-corrected chi connectivity index (χ2v) is 7.49. The fraction of sp³-hybridized carbons (Fsp3) is 0.211. The van der Waals surface area contributed by atoms with E-state index in [0.29, 0.717) is 34.8 Å². The molecule has 2 aromatic carbocycles. The van der Waals surface area contributed by atoms with Crippen LogP contribution in [0.2, 0.25) is 5.02 Å². The number of esters is 1. The highest BCUT2D eigenvalue weighted by Crippen LogP contribution is 2.36. The number of thioether (sulfide) groups is 1. The van der Waals surface area contributed by atoms with E-state index in [9.17, 15) is 4.79 Å². The monoisotopic (exact) mass is 401 g/mol. The molecule has 1 aliphatic rings. The number of rotatable bonds is 5. The summed E-state index contributed by atoms with van der Waals surface area (Å²) in [6, 6.07) is 15.0. The number of methoxy groups -OCH3 is 1. The average molecular weight is 402 g/mol. The molecule has 1 saturated heterocycles. The highest BCUT2D eigenvalue weighted by molar-refractivity contribution is 8.00. The molecule has 1 fully saturated rings. The van der Waals surface area contributed by atoms with Crippen LogP contribution in [-0.2, 0) is 9.53 Å². The second kappa shape index (κ2) is 7.62. The summed E-state index contributed by atoms with van der Waals surface area (Å²) in [6.45, 7) is 0.435. The van der Waals surface area contributed by atoms with Gasteiger partial charge in [0.25, 0.3) is 0 Å². The SMILES string of the molecule is COc1ccccc1-c1nnc(S[C@H]2CCOC2=O)n1-c1ccc(Cl)cc1. The summed E-state index contributed by atoms with van der Waals surface area (Å²) >= 11 is 7.40. The van der Waals surface area contributed by atoms with Gasteiger partial charge in [0.2, 0.25) is 0 Å². The van der Waals surface area contributed by atoms with Gasteiger partial charge >= 0.3 is 5.97 Å². The highest BCUT2D eigenvalue weighted by atomic mass is 35.5. The van der Waals surface area contributed by atoms with Crippen LogP contribution < -0.4 is 4.74 Å². The van der Waals surface area contributed by atoms with Crippen LogP contribution in [0, 0.1) is 0 Å². The Balaban J connectivity index is 1.84. The summed E-state index contributed by atoms with van der Waals surface area (Å²) in [5, 5.41) is 9.70. The Morgan fingerprint density at radius 1 is 1.19 bits per heavy atom. The van der Waals surface area contributed by atoms with Crippen LogP contribution in [0.5, 0.6) is 5.75 Å². The van der Waals surface area contributed by atoms with E-state index >= 15 is 0 Å². The molecule has 0 spiro atoms. The molecule has 3 aromatic rings. The van der Waals surface area contributed by atoms with E-state index in [1.807, 2.05) is 41.0 Å². The molecule has 1 aromatic heterocycles. The van der Waals surface area contributed by atoms with E-state index in [1.54, 1.807) is 19.2 Å². The first-order valence-electron chi connectivity index (χ1n) is 8.35. The predicted molar refractivity (Wildman–Crippen MR) is 104 cm³/mol. The van der Waals surface area contributed by atoms with Gasteiger partial charge in [0.05, 0.1) is 19.3 Å². The molecule has 138 valence electrons. The number of nitrogens with zero attached hydrogens (tertiary/aromatic N) is 3. The fourth-order valence-electron chi connectivity index (χ4n) is 2.88. The Labute approximate surface area is 165 Å². The first-order valence-corrected chi connectivity index (χ1v) is 9.61. The van der Waals surface area contributed by atoms with Gasteiger partial charge in [-0.15, -0.1) is 10.2 Å². The molecule has 0 amide bonds. The minimum Gasteiger partial charge on any atom is -0.496 e. The molecule has 8 heteroatoms.